The maximum atomic E-state index is 10.2. The van der Waals surface area contributed by atoms with Crippen LogP contribution in [-0.4, -0.2) is 17.0 Å². The molecule has 0 saturated carbocycles. The van der Waals surface area contributed by atoms with Crippen molar-refractivity contribution < 1.29 is 5.11 Å². The lowest BCUT2D eigenvalue weighted by molar-refractivity contribution is 0.470. The molecule has 1 heterocycles. The van der Waals surface area contributed by atoms with E-state index in [4.69, 9.17) is 4.99 Å². The third-order valence-electron chi connectivity index (χ3n) is 4.20. The van der Waals surface area contributed by atoms with E-state index in [-0.39, 0.29) is 5.75 Å². The van der Waals surface area contributed by atoms with Gasteiger partial charge in [0, 0.05) is 21.8 Å². The van der Waals surface area contributed by atoms with E-state index in [2.05, 4.69) is 68.4 Å². The predicted octanol–water partition coefficient (Wildman–Crippen LogP) is 6.03. The molecule has 3 aromatic carbocycles. The van der Waals surface area contributed by atoms with Gasteiger partial charge in [-0.05, 0) is 80.6 Å². The summed E-state index contributed by atoms with van der Waals surface area (Å²) in [5.41, 5.74) is 5.98. The molecule has 128 valence electrons. The van der Waals surface area contributed by atoms with Crippen molar-refractivity contribution in [3.05, 3.63) is 84.5 Å². The van der Waals surface area contributed by atoms with Crippen LogP contribution in [0.15, 0.2) is 70.6 Å². The fraction of sp³-hybridized carbons (Fsp3) is 0.0476. The lowest BCUT2D eigenvalue weighted by Gasteiger charge is -2.03. The summed E-state index contributed by atoms with van der Waals surface area (Å²) < 4.78 is 1.89. The van der Waals surface area contributed by atoms with Crippen molar-refractivity contribution in [2.45, 2.75) is 6.42 Å². The molecule has 0 fully saturated rings. The zero-order valence-electron chi connectivity index (χ0n) is 13.7. The highest BCUT2D eigenvalue weighted by molar-refractivity contribution is 14.1. The minimum atomic E-state index is 0.264. The van der Waals surface area contributed by atoms with Crippen molar-refractivity contribution in [1.29, 1.82) is 0 Å². The minimum Gasteiger partial charge on any atom is -0.506 e. The van der Waals surface area contributed by atoms with Crippen molar-refractivity contribution in [3.8, 4) is 5.75 Å². The molecule has 1 aliphatic heterocycles. The molecule has 1 aliphatic rings. The van der Waals surface area contributed by atoms with Crippen molar-refractivity contribution in [1.82, 2.24) is 0 Å². The highest BCUT2D eigenvalue weighted by atomic mass is 127. The molecule has 5 heteroatoms. The average Bonchev–Trinajstić information content (AvgIpc) is 3.07. The molecule has 26 heavy (non-hydrogen) atoms. The summed E-state index contributed by atoms with van der Waals surface area (Å²) >= 11 is 4.37. The maximum absolute atomic E-state index is 10.2. The number of hydrogen-bond donors (Lipinski definition) is 1. The largest absolute Gasteiger partial charge is 0.506 e. The second-order valence-electron chi connectivity index (χ2n) is 6.00. The molecule has 3 nitrogen and oxygen atoms in total. The van der Waals surface area contributed by atoms with Crippen molar-refractivity contribution >= 4 is 68.5 Å². The van der Waals surface area contributed by atoms with Crippen molar-refractivity contribution in [2.75, 3.05) is 0 Å². The van der Waals surface area contributed by atoms with Crippen LogP contribution in [-0.2, 0) is 6.42 Å². The van der Waals surface area contributed by atoms with Gasteiger partial charge in [0.25, 0.3) is 0 Å². The van der Waals surface area contributed by atoms with Gasteiger partial charge in [-0.2, -0.15) is 0 Å². The van der Waals surface area contributed by atoms with Crippen LogP contribution in [0.4, 0.5) is 11.4 Å². The summed E-state index contributed by atoms with van der Waals surface area (Å²) in [6, 6.07) is 20.2. The number of aliphatic imine (C=N–C) groups is 2. The highest BCUT2D eigenvalue weighted by Crippen LogP contribution is 2.33. The molecule has 0 radical (unpaired) electrons. The van der Waals surface area contributed by atoms with Crippen LogP contribution in [0.1, 0.15) is 16.7 Å². The number of benzene rings is 3. The monoisotopic (exact) mass is 564 g/mol. The van der Waals surface area contributed by atoms with Crippen LogP contribution in [0.2, 0.25) is 0 Å². The van der Waals surface area contributed by atoms with Gasteiger partial charge in [-0.3, -0.25) is 9.98 Å². The fourth-order valence-electron chi connectivity index (χ4n) is 2.88. The molecule has 0 atom stereocenters. The topological polar surface area (TPSA) is 45.0 Å². The van der Waals surface area contributed by atoms with Crippen molar-refractivity contribution in [2.24, 2.45) is 9.98 Å². The number of halogens is 2. The molecular formula is C21H14I2N2O. The Kier molecular flexibility index (Phi) is 5.08. The standard InChI is InChI=1S/C21H14I2N2O/c22-16-8-15(21(26)18(23)10-16)12-24-17-7-6-14-9-19(25-20(14)11-17)13-4-2-1-3-5-13/h1-8,10-12,26H,9H2. The number of aromatic hydroxyl groups is 1. The van der Waals surface area contributed by atoms with E-state index in [1.54, 1.807) is 6.21 Å². The normalized spacial score (nSPS) is 13.1. The molecule has 0 aliphatic carbocycles. The SMILES string of the molecule is Oc1c(I)cc(I)cc1C=Nc1ccc2c(c1)N=C(c1ccccc1)C2. The molecular weight excluding hydrogens is 550 g/mol. The third-order valence-corrected chi connectivity index (χ3v) is 5.64. The average molecular weight is 564 g/mol. The summed E-state index contributed by atoms with van der Waals surface area (Å²) in [5.74, 6) is 0.264. The molecule has 0 saturated heterocycles. The third kappa shape index (κ3) is 3.68. The summed E-state index contributed by atoms with van der Waals surface area (Å²) in [7, 11) is 0. The molecule has 0 unspecified atom stereocenters. The second-order valence-corrected chi connectivity index (χ2v) is 8.41. The van der Waals surface area contributed by atoms with E-state index in [1.165, 1.54) is 5.56 Å². The molecule has 4 rings (SSSR count). The van der Waals surface area contributed by atoms with E-state index < -0.39 is 0 Å². The molecule has 0 spiro atoms. The molecule has 0 amide bonds. The van der Waals surface area contributed by atoms with Crippen LogP contribution in [0, 0.1) is 7.14 Å². The Hall–Kier alpha value is -1.74. The van der Waals surface area contributed by atoms with Gasteiger partial charge in [-0.15, -0.1) is 0 Å². The predicted molar refractivity (Wildman–Crippen MR) is 124 cm³/mol. The van der Waals surface area contributed by atoms with Gasteiger partial charge in [-0.1, -0.05) is 36.4 Å². The first-order valence-corrected chi connectivity index (χ1v) is 10.2. The van der Waals surface area contributed by atoms with Crippen LogP contribution in [0.5, 0.6) is 5.75 Å². The Bertz CT molecular complexity index is 1040. The first-order valence-electron chi connectivity index (χ1n) is 8.08. The van der Waals surface area contributed by atoms with Crippen LogP contribution < -0.4 is 0 Å². The Morgan fingerprint density at radius 1 is 1.00 bits per heavy atom. The Balaban J connectivity index is 1.62. The van der Waals surface area contributed by atoms with E-state index in [9.17, 15) is 5.11 Å². The molecule has 0 aromatic heterocycles. The molecule has 3 aromatic rings. The zero-order valence-corrected chi connectivity index (χ0v) is 18.0. The zero-order chi connectivity index (χ0) is 18.1. The summed E-state index contributed by atoms with van der Waals surface area (Å²) in [6.07, 6.45) is 2.55. The van der Waals surface area contributed by atoms with Gasteiger partial charge in [0.05, 0.1) is 20.7 Å². The molecule has 1 N–H and O–H groups in total. The minimum absolute atomic E-state index is 0.264. The number of hydrogen-bond acceptors (Lipinski definition) is 3. The number of phenols is 1. The lowest BCUT2D eigenvalue weighted by atomic mass is 10.0. The number of fused-ring (bicyclic) bond motifs is 1. The quantitative estimate of drug-likeness (QED) is 0.307. The van der Waals surface area contributed by atoms with E-state index in [0.29, 0.717) is 0 Å². The van der Waals surface area contributed by atoms with E-state index in [1.807, 2.05) is 42.5 Å². The molecule has 0 bridgehead atoms. The van der Waals surface area contributed by atoms with Gasteiger partial charge < -0.3 is 5.11 Å². The van der Waals surface area contributed by atoms with Gasteiger partial charge in [0.1, 0.15) is 5.75 Å². The van der Waals surface area contributed by atoms with Gasteiger partial charge in [-0.25, -0.2) is 0 Å². The summed E-state index contributed by atoms with van der Waals surface area (Å²) in [6.45, 7) is 0. The van der Waals surface area contributed by atoms with Gasteiger partial charge >= 0.3 is 0 Å². The van der Waals surface area contributed by atoms with Gasteiger partial charge in [0.2, 0.25) is 0 Å². The smallest absolute Gasteiger partial charge is 0.137 e. The number of rotatable bonds is 3. The Morgan fingerprint density at radius 3 is 2.62 bits per heavy atom. The highest BCUT2D eigenvalue weighted by Gasteiger charge is 2.16. The maximum Gasteiger partial charge on any atom is 0.137 e. The first kappa shape index (κ1) is 17.7. The summed E-state index contributed by atoms with van der Waals surface area (Å²) in [5, 5.41) is 10.2. The fourth-order valence-corrected chi connectivity index (χ4v) is 4.77. The van der Waals surface area contributed by atoms with Crippen LogP contribution in [0.3, 0.4) is 0 Å². The van der Waals surface area contributed by atoms with Crippen LogP contribution in [0.25, 0.3) is 0 Å². The van der Waals surface area contributed by atoms with Gasteiger partial charge in [0.15, 0.2) is 0 Å². The second kappa shape index (κ2) is 7.48. The lowest BCUT2D eigenvalue weighted by Crippen LogP contribution is -1.99. The van der Waals surface area contributed by atoms with E-state index in [0.717, 1.165) is 41.8 Å². The van der Waals surface area contributed by atoms with Crippen molar-refractivity contribution in [3.63, 3.8) is 0 Å². The van der Waals surface area contributed by atoms with E-state index >= 15 is 0 Å². The summed E-state index contributed by atoms with van der Waals surface area (Å²) in [4.78, 5) is 9.31. The Morgan fingerprint density at radius 2 is 1.81 bits per heavy atom. The first-order chi connectivity index (χ1) is 12.6. The Labute approximate surface area is 179 Å². The van der Waals surface area contributed by atoms with Crippen LogP contribution >= 0.6 is 45.2 Å². The number of phenolic OH excluding ortho intramolecular Hbond substituents is 1. The number of nitrogens with zero attached hydrogens (tertiary/aromatic N) is 2.